The number of furan rings is 2. The van der Waals surface area contributed by atoms with Crippen LogP contribution in [0.5, 0.6) is 0 Å². The van der Waals surface area contributed by atoms with Gasteiger partial charge in [-0.25, -0.2) is 10.0 Å². The minimum Gasteiger partial charge on any atom is -0.455 e. The summed E-state index contributed by atoms with van der Waals surface area (Å²) in [6.45, 7) is 0. The Morgan fingerprint density at radius 2 is 0.871 bits per heavy atom. The van der Waals surface area contributed by atoms with E-state index in [0.717, 1.165) is 111 Å². The first-order chi connectivity index (χ1) is 34.4. The van der Waals surface area contributed by atoms with E-state index in [4.69, 9.17) is 8.83 Å². The molecule has 0 saturated heterocycles. The number of benzene rings is 11. The van der Waals surface area contributed by atoms with Gasteiger partial charge in [-0.2, -0.15) is 0 Å². The van der Waals surface area contributed by atoms with Gasteiger partial charge in [0.05, 0.1) is 11.4 Å². The Morgan fingerprint density at radius 3 is 1.66 bits per heavy atom. The third-order valence-corrected chi connectivity index (χ3v) is 15.5. The fraction of sp³-hybridized carbons (Fsp3) is 0.0462. The molecule has 13 aromatic rings. The van der Waals surface area contributed by atoms with Crippen LogP contribution in [-0.4, -0.2) is 18.8 Å². The molecule has 0 saturated carbocycles. The molecule has 0 atom stereocenters. The third kappa shape index (κ3) is 7.00. The van der Waals surface area contributed by atoms with Crippen molar-refractivity contribution in [3.63, 3.8) is 0 Å². The largest absolute Gasteiger partial charge is 0.455 e. The molecule has 13 rings (SSSR count). The first-order valence-electron chi connectivity index (χ1n) is 23.8. The van der Waals surface area contributed by atoms with E-state index < -0.39 is 10.0 Å². The van der Waals surface area contributed by atoms with E-state index in [1.54, 1.807) is 0 Å². The topological polar surface area (TPSA) is 32.8 Å². The van der Waals surface area contributed by atoms with Gasteiger partial charge in [0, 0.05) is 61.3 Å². The van der Waals surface area contributed by atoms with Crippen molar-refractivity contribution in [1.29, 1.82) is 0 Å². The molecule has 0 bridgehead atoms. The maximum Gasteiger partial charge on any atom is 0.159 e. The second-order valence-corrected chi connectivity index (χ2v) is 23.0. The van der Waals surface area contributed by atoms with Crippen molar-refractivity contribution in [2.75, 3.05) is 28.6 Å². The van der Waals surface area contributed by atoms with Crippen LogP contribution in [0.15, 0.2) is 250 Å². The second kappa shape index (κ2) is 16.6. The first kappa shape index (κ1) is 41.7. The van der Waals surface area contributed by atoms with Gasteiger partial charge in [0.25, 0.3) is 0 Å². The summed E-state index contributed by atoms with van der Waals surface area (Å²) in [6, 6.07) is 84.9. The van der Waals surface area contributed by atoms with Crippen LogP contribution in [-0.2, 0) is 0 Å². The monoisotopic (exact) mass is 920 g/mol. The lowest BCUT2D eigenvalue weighted by molar-refractivity contribution is 0.669. The van der Waals surface area contributed by atoms with Gasteiger partial charge in [0.1, 0.15) is 16.7 Å². The predicted octanol–water partition coefficient (Wildman–Crippen LogP) is 19.1. The van der Waals surface area contributed by atoms with Gasteiger partial charge in [-0.15, -0.1) is 0 Å². The molecular formula is C65H48N2O2S. The average Bonchev–Trinajstić information content (AvgIpc) is 3.99. The Bertz CT molecular complexity index is 4090. The number of para-hydroxylation sites is 4. The maximum absolute atomic E-state index is 7.03. The molecule has 2 aromatic heterocycles. The van der Waals surface area contributed by atoms with Gasteiger partial charge in [-0.1, -0.05) is 140 Å². The van der Waals surface area contributed by atoms with Crippen LogP contribution < -0.4 is 9.80 Å². The fourth-order valence-corrected chi connectivity index (χ4v) is 11.4. The Kier molecular flexibility index (Phi) is 9.89. The first-order valence-corrected chi connectivity index (χ1v) is 26.6. The highest BCUT2D eigenvalue weighted by atomic mass is 32.3. The molecule has 5 heteroatoms. The molecule has 0 N–H and O–H groups in total. The Labute approximate surface area is 408 Å². The lowest BCUT2D eigenvalue weighted by Crippen LogP contribution is -2.11. The molecule has 0 amide bonds. The van der Waals surface area contributed by atoms with E-state index in [-0.39, 0.29) is 0 Å². The van der Waals surface area contributed by atoms with E-state index in [9.17, 15) is 0 Å². The van der Waals surface area contributed by atoms with Crippen molar-refractivity contribution in [2.24, 2.45) is 0 Å². The van der Waals surface area contributed by atoms with Gasteiger partial charge < -0.3 is 18.6 Å². The van der Waals surface area contributed by atoms with Crippen LogP contribution in [0.25, 0.3) is 87.7 Å². The highest BCUT2D eigenvalue weighted by Gasteiger charge is 2.23. The minimum absolute atomic E-state index is 0.852. The van der Waals surface area contributed by atoms with Crippen LogP contribution in [0.2, 0.25) is 0 Å². The zero-order valence-corrected chi connectivity index (χ0v) is 40.0. The van der Waals surface area contributed by atoms with Gasteiger partial charge in [-0.3, -0.25) is 0 Å². The zero-order chi connectivity index (χ0) is 46.9. The molecule has 70 heavy (non-hydrogen) atoms. The molecule has 0 aliphatic rings. The molecule has 0 radical (unpaired) electrons. The molecule has 2 heterocycles. The van der Waals surface area contributed by atoms with Gasteiger partial charge in [-0.05, 0) is 148 Å². The molecule has 11 aromatic carbocycles. The summed E-state index contributed by atoms with van der Waals surface area (Å²) >= 11 is 0. The molecule has 0 unspecified atom stereocenters. The van der Waals surface area contributed by atoms with Crippen LogP contribution in [0, 0.1) is 0 Å². The zero-order valence-electron chi connectivity index (χ0n) is 39.1. The van der Waals surface area contributed by atoms with Gasteiger partial charge >= 0.3 is 0 Å². The fourth-order valence-electron chi connectivity index (χ4n) is 10.4. The third-order valence-electron chi connectivity index (χ3n) is 13.8. The summed E-state index contributed by atoms with van der Waals surface area (Å²) in [5.41, 5.74) is 14.4. The number of hydrogen-bond donors (Lipinski definition) is 0. The van der Waals surface area contributed by atoms with Crippen molar-refractivity contribution in [2.45, 2.75) is 4.90 Å². The summed E-state index contributed by atoms with van der Waals surface area (Å²) < 4.78 is 13.7. The highest BCUT2D eigenvalue weighted by molar-refractivity contribution is 8.32. The summed E-state index contributed by atoms with van der Waals surface area (Å²) in [4.78, 5) is 6.05. The summed E-state index contributed by atoms with van der Waals surface area (Å²) in [5, 5.41) is 9.06. The number of nitrogens with zero attached hydrogens (tertiary/aromatic N) is 2. The quantitative estimate of drug-likeness (QED) is 0.135. The van der Waals surface area contributed by atoms with Crippen LogP contribution in [0.3, 0.4) is 0 Å². The molecule has 0 aliphatic heterocycles. The Balaban J connectivity index is 0.928. The second-order valence-electron chi connectivity index (χ2n) is 18.8. The SMILES string of the molecule is CS(C)(C)c1ccc(N(c2ccccc2)c2ccc3c(c2)oc2c4ccc(-c5ccc(N(c6ccccc6-c6ccccc6)c6cccc7c6oc6ccccc67)cc5)cc4c4ccccc4c32)cc1. The van der Waals surface area contributed by atoms with E-state index >= 15 is 0 Å². The smallest absolute Gasteiger partial charge is 0.159 e. The summed E-state index contributed by atoms with van der Waals surface area (Å²) in [7, 11) is -0.855. The normalized spacial score (nSPS) is 12.2. The van der Waals surface area contributed by atoms with Crippen LogP contribution in [0.1, 0.15) is 0 Å². The molecule has 0 spiro atoms. The molecule has 4 nitrogen and oxygen atoms in total. The van der Waals surface area contributed by atoms with Gasteiger partial charge in [0.15, 0.2) is 5.58 Å². The molecular weight excluding hydrogens is 873 g/mol. The molecule has 0 fully saturated rings. The van der Waals surface area contributed by atoms with Crippen molar-refractivity contribution < 1.29 is 8.83 Å². The lowest BCUT2D eigenvalue weighted by Gasteiger charge is -2.28. The molecule has 0 aliphatic carbocycles. The maximum atomic E-state index is 7.03. The number of rotatable bonds is 9. The van der Waals surface area contributed by atoms with Crippen LogP contribution in [0.4, 0.5) is 34.1 Å². The lowest BCUT2D eigenvalue weighted by atomic mass is 9.94. The number of fused-ring (bicyclic) bond motifs is 11. The van der Waals surface area contributed by atoms with Crippen molar-refractivity contribution in [3.8, 4) is 22.3 Å². The van der Waals surface area contributed by atoms with Crippen LogP contribution >= 0.6 is 10.0 Å². The predicted molar refractivity (Wildman–Crippen MR) is 300 cm³/mol. The van der Waals surface area contributed by atoms with Crippen molar-refractivity contribution >= 4 is 110 Å². The summed E-state index contributed by atoms with van der Waals surface area (Å²) in [6.07, 6.45) is 7.02. The molecule has 336 valence electrons. The van der Waals surface area contributed by atoms with E-state index in [1.165, 1.54) is 15.7 Å². The Hall–Kier alpha value is -8.51. The average molecular weight is 921 g/mol. The standard InChI is InChI=1S/C65H48N2O2S/c1-70(2,3)50-37-34-47(35-38-50)66(46-19-8-5-9-20-46)49-36-40-57-62(42-49)69-65-56-39-31-45(41-58(56)52-22-10-11-24-54(52)63(57)65)43-29-32-48(33-30-43)67(59-26-14-12-21-51(59)44-17-6-4-7-18-44)60-27-16-25-55-53-23-13-15-28-61(53)68-64(55)60/h4-42H,1-3H3. The highest BCUT2D eigenvalue weighted by Crippen LogP contribution is 2.49. The number of hydrogen-bond acceptors (Lipinski definition) is 4. The van der Waals surface area contributed by atoms with E-state index in [0.29, 0.717) is 0 Å². The Morgan fingerprint density at radius 1 is 0.314 bits per heavy atom. The van der Waals surface area contributed by atoms with E-state index in [1.807, 2.05) is 12.1 Å². The van der Waals surface area contributed by atoms with Crippen molar-refractivity contribution in [1.82, 2.24) is 0 Å². The van der Waals surface area contributed by atoms with E-state index in [2.05, 4.69) is 253 Å². The summed E-state index contributed by atoms with van der Waals surface area (Å²) in [5.74, 6) is 0. The van der Waals surface area contributed by atoms with Crippen molar-refractivity contribution in [3.05, 3.63) is 237 Å². The van der Waals surface area contributed by atoms with Gasteiger partial charge in [0.2, 0.25) is 0 Å². The number of anilines is 6. The minimum atomic E-state index is -0.855.